The van der Waals surface area contributed by atoms with Gasteiger partial charge in [0.15, 0.2) is 0 Å². The summed E-state index contributed by atoms with van der Waals surface area (Å²) in [6, 6.07) is 3.57. The van der Waals surface area contributed by atoms with Crippen LogP contribution in [0.4, 0.5) is 0 Å². The topological polar surface area (TPSA) is 41.1 Å². The molecule has 0 spiro atoms. The molecule has 1 aromatic heterocycles. The van der Waals surface area contributed by atoms with Crippen molar-refractivity contribution in [1.82, 2.24) is 10.6 Å². The molecule has 0 aliphatic carbocycles. The molecule has 2 aliphatic heterocycles. The Morgan fingerprint density at radius 2 is 2.06 bits per heavy atom. The second-order valence-corrected chi connectivity index (χ2v) is 7.72. The highest BCUT2D eigenvalue weighted by Gasteiger charge is 2.34. The molecule has 18 heavy (non-hydrogen) atoms. The van der Waals surface area contributed by atoms with Gasteiger partial charge in [-0.15, -0.1) is 23.7 Å². The van der Waals surface area contributed by atoms with Crippen molar-refractivity contribution in [2.75, 3.05) is 0 Å². The SMILES string of the molecule is Cl.O=C(NC1CC2CCC(C1)N2)c1csc(I)c1. The third-order valence-electron chi connectivity index (χ3n) is 3.64. The monoisotopic (exact) mass is 398 g/mol. The molecule has 0 saturated carbocycles. The number of hydrogen-bond donors (Lipinski definition) is 2. The van der Waals surface area contributed by atoms with Crippen molar-refractivity contribution >= 4 is 52.2 Å². The van der Waals surface area contributed by atoms with Crippen molar-refractivity contribution in [3.63, 3.8) is 0 Å². The third kappa shape index (κ3) is 3.18. The van der Waals surface area contributed by atoms with Crippen LogP contribution in [0.1, 0.15) is 36.0 Å². The van der Waals surface area contributed by atoms with E-state index in [1.165, 1.54) is 12.8 Å². The molecular formula is C12H16ClIN2OS. The van der Waals surface area contributed by atoms with Gasteiger partial charge in [0.2, 0.25) is 0 Å². The number of nitrogens with one attached hydrogen (secondary N) is 2. The maximum Gasteiger partial charge on any atom is 0.252 e. The first-order chi connectivity index (χ1) is 8.20. The van der Waals surface area contributed by atoms with Crippen molar-refractivity contribution in [2.24, 2.45) is 0 Å². The average molecular weight is 399 g/mol. The Balaban J connectivity index is 0.00000120. The van der Waals surface area contributed by atoms with Crippen LogP contribution >= 0.6 is 46.3 Å². The van der Waals surface area contributed by atoms with E-state index in [9.17, 15) is 4.79 Å². The Morgan fingerprint density at radius 3 is 2.61 bits per heavy atom. The van der Waals surface area contributed by atoms with Gasteiger partial charge in [0.25, 0.3) is 5.91 Å². The number of fused-ring (bicyclic) bond motifs is 2. The molecule has 1 amide bonds. The van der Waals surface area contributed by atoms with Crippen molar-refractivity contribution < 1.29 is 4.79 Å². The summed E-state index contributed by atoms with van der Waals surface area (Å²) < 4.78 is 1.16. The predicted octanol–water partition coefficient (Wildman–Crippen LogP) is 2.79. The molecule has 2 saturated heterocycles. The van der Waals surface area contributed by atoms with Crippen LogP contribution < -0.4 is 10.6 Å². The van der Waals surface area contributed by atoms with Gasteiger partial charge < -0.3 is 10.6 Å². The quantitative estimate of drug-likeness (QED) is 0.752. The molecule has 3 nitrogen and oxygen atoms in total. The molecular weight excluding hydrogens is 383 g/mol. The van der Waals surface area contributed by atoms with Crippen molar-refractivity contribution in [2.45, 2.75) is 43.8 Å². The van der Waals surface area contributed by atoms with Crippen LogP contribution in [0.5, 0.6) is 0 Å². The Hall–Kier alpha value is 0.150. The van der Waals surface area contributed by atoms with Crippen molar-refractivity contribution in [3.05, 3.63) is 19.9 Å². The van der Waals surface area contributed by atoms with Gasteiger partial charge in [0, 0.05) is 23.5 Å². The van der Waals surface area contributed by atoms with Gasteiger partial charge in [-0.25, -0.2) is 0 Å². The third-order valence-corrected chi connectivity index (χ3v) is 5.43. The Kier molecular flexibility index (Phi) is 4.91. The summed E-state index contributed by atoms with van der Waals surface area (Å²) >= 11 is 3.87. The normalized spacial score (nSPS) is 29.7. The van der Waals surface area contributed by atoms with Crippen LogP contribution in [0.15, 0.2) is 11.4 Å². The molecule has 2 unspecified atom stereocenters. The van der Waals surface area contributed by atoms with Crippen molar-refractivity contribution in [1.29, 1.82) is 0 Å². The summed E-state index contributed by atoms with van der Waals surface area (Å²) in [5.41, 5.74) is 0.810. The zero-order chi connectivity index (χ0) is 11.8. The lowest BCUT2D eigenvalue weighted by molar-refractivity contribution is 0.0924. The summed E-state index contributed by atoms with van der Waals surface area (Å²) in [5.74, 6) is 0.0930. The summed E-state index contributed by atoms with van der Waals surface area (Å²) in [7, 11) is 0. The van der Waals surface area contributed by atoms with Crippen LogP contribution in [0.25, 0.3) is 0 Å². The smallest absolute Gasteiger partial charge is 0.252 e. The van der Waals surface area contributed by atoms with E-state index in [1.807, 2.05) is 11.4 Å². The maximum absolute atomic E-state index is 12.0. The van der Waals surface area contributed by atoms with E-state index in [0.717, 1.165) is 21.3 Å². The van der Waals surface area contributed by atoms with Gasteiger partial charge in [-0.2, -0.15) is 0 Å². The lowest BCUT2D eigenvalue weighted by Crippen LogP contribution is -2.47. The zero-order valence-electron chi connectivity index (χ0n) is 9.82. The van der Waals surface area contributed by atoms with E-state index in [1.54, 1.807) is 11.3 Å². The fraction of sp³-hybridized carbons (Fsp3) is 0.583. The highest BCUT2D eigenvalue weighted by Crippen LogP contribution is 2.27. The van der Waals surface area contributed by atoms with Gasteiger partial charge in [-0.05, 0) is 54.3 Å². The second-order valence-electron chi connectivity index (χ2n) is 4.92. The molecule has 2 atom stereocenters. The summed E-state index contributed by atoms with van der Waals surface area (Å²) in [5, 5.41) is 8.70. The Labute approximate surface area is 131 Å². The first-order valence-electron chi connectivity index (χ1n) is 6.01. The zero-order valence-corrected chi connectivity index (χ0v) is 13.6. The second kappa shape index (κ2) is 6.07. The summed E-state index contributed by atoms with van der Waals surface area (Å²) in [6.45, 7) is 0. The van der Waals surface area contributed by atoms with Crippen LogP contribution in [0, 0.1) is 2.88 Å². The fourth-order valence-corrected chi connectivity index (χ4v) is 4.20. The first kappa shape index (κ1) is 14.6. The standard InChI is InChI=1S/C12H15IN2OS.ClH/c13-11-3-7(6-17-11)12(16)15-10-4-8-1-2-9(5-10)14-8;/h3,6,8-10,14H,1-2,4-5H2,(H,15,16);1H. The molecule has 3 heterocycles. The largest absolute Gasteiger partial charge is 0.349 e. The number of halogens is 2. The van der Waals surface area contributed by atoms with Crippen LogP contribution in [0.2, 0.25) is 0 Å². The van der Waals surface area contributed by atoms with E-state index >= 15 is 0 Å². The van der Waals surface area contributed by atoms with E-state index < -0.39 is 0 Å². The molecule has 3 rings (SSSR count). The Morgan fingerprint density at radius 1 is 1.39 bits per heavy atom. The maximum atomic E-state index is 12.0. The molecule has 1 aromatic rings. The minimum atomic E-state index is 0. The van der Waals surface area contributed by atoms with Gasteiger partial charge in [-0.1, -0.05) is 0 Å². The molecule has 2 bridgehead atoms. The van der Waals surface area contributed by atoms with E-state index in [4.69, 9.17) is 0 Å². The van der Waals surface area contributed by atoms with E-state index in [2.05, 4.69) is 33.2 Å². The minimum Gasteiger partial charge on any atom is -0.349 e. The van der Waals surface area contributed by atoms with E-state index in [-0.39, 0.29) is 18.3 Å². The molecule has 2 fully saturated rings. The first-order valence-corrected chi connectivity index (χ1v) is 7.97. The van der Waals surface area contributed by atoms with Gasteiger partial charge in [0.05, 0.1) is 8.45 Å². The highest BCUT2D eigenvalue weighted by molar-refractivity contribution is 14.1. The molecule has 2 aliphatic rings. The Bertz CT molecular complexity index is 427. The molecule has 100 valence electrons. The van der Waals surface area contributed by atoms with Crippen molar-refractivity contribution in [3.8, 4) is 0 Å². The van der Waals surface area contributed by atoms with E-state index in [0.29, 0.717) is 18.1 Å². The number of thiophene rings is 1. The van der Waals surface area contributed by atoms with Crippen LogP contribution in [0.3, 0.4) is 0 Å². The molecule has 0 radical (unpaired) electrons. The molecule has 2 N–H and O–H groups in total. The number of hydrogen-bond acceptors (Lipinski definition) is 3. The van der Waals surface area contributed by atoms with Crippen LogP contribution in [-0.2, 0) is 0 Å². The number of carbonyl (C=O) groups excluding carboxylic acids is 1. The number of piperidine rings is 1. The molecule has 6 heteroatoms. The van der Waals surface area contributed by atoms with Gasteiger partial charge in [-0.3, -0.25) is 4.79 Å². The highest BCUT2D eigenvalue weighted by atomic mass is 127. The predicted molar refractivity (Wildman–Crippen MR) is 84.7 cm³/mol. The molecule has 0 aromatic carbocycles. The summed E-state index contributed by atoms with van der Waals surface area (Å²) in [4.78, 5) is 12.0. The fourth-order valence-electron chi connectivity index (χ4n) is 2.87. The van der Waals surface area contributed by atoms with Gasteiger partial charge >= 0.3 is 0 Å². The summed E-state index contributed by atoms with van der Waals surface area (Å²) in [6.07, 6.45) is 4.72. The average Bonchev–Trinajstić information content (AvgIpc) is 2.85. The number of amides is 1. The number of rotatable bonds is 2. The van der Waals surface area contributed by atoms with Crippen LogP contribution in [-0.4, -0.2) is 24.0 Å². The lowest BCUT2D eigenvalue weighted by Gasteiger charge is -2.29. The minimum absolute atomic E-state index is 0. The lowest BCUT2D eigenvalue weighted by atomic mass is 9.99. The number of carbonyl (C=O) groups is 1. The van der Waals surface area contributed by atoms with Gasteiger partial charge in [0.1, 0.15) is 0 Å².